The van der Waals surface area contributed by atoms with Gasteiger partial charge in [-0.3, -0.25) is 0 Å². The first-order valence-electron chi connectivity index (χ1n) is 5.57. The van der Waals surface area contributed by atoms with Crippen molar-refractivity contribution in [3.8, 4) is 0 Å². The molecule has 3 N–H and O–H groups in total. The molecule has 0 aliphatic carbocycles. The van der Waals surface area contributed by atoms with E-state index in [-0.39, 0.29) is 24.1 Å². The van der Waals surface area contributed by atoms with Gasteiger partial charge in [0, 0.05) is 12.6 Å². The molecule has 0 aromatic carbocycles. The molecule has 0 radical (unpaired) electrons. The topological polar surface area (TPSA) is 86.7 Å². The fourth-order valence-corrected chi connectivity index (χ4v) is 1.56. The zero-order valence-corrected chi connectivity index (χ0v) is 9.99. The van der Waals surface area contributed by atoms with Crippen LogP contribution in [0.15, 0.2) is 6.33 Å². The Hall–Kier alpha value is -1.90. The summed E-state index contributed by atoms with van der Waals surface area (Å²) in [4.78, 5) is 13.2. The number of halogens is 3. The summed E-state index contributed by atoms with van der Waals surface area (Å²) in [6.07, 6.45) is -2.99. The van der Waals surface area contributed by atoms with Crippen molar-refractivity contribution in [1.29, 1.82) is 0 Å². The second-order valence-corrected chi connectivity index (χ2v) is 4.05. The van der Waals surface area contributed by atoms with E-state index in [2.05, 4.69) is 25.3 Å². The standard InChI is InChI=1S/C10H12F3N5O/c1-5(2-3-19)16-8-6-7(15-4-14-6)17-9(18-8)10(11,12)13/h4-5,19H,2-3H2,1H3,(H2,14,15,16,17,18)/t5-/m1/s1. The quantitative estimate of drug-likeness (QED) is 0.788. The second-order valence-electron chi connectivity index (χ2n) is 4.05. The van der Waals surface area contributed by atoms with E-state index < -0.39 is 12.0 Å². The Kier molecular flexibility index (Phi) is 3.56. The van der Waals surface area contributed by atoms with E-state index in [4.69, 9.17) is 5.11 Å². The van der Waals surface area contributed by atoms with Crippen LogP contribution in [0.4, 0.5) is 19.0 Å². The van der Waals surface area contributed by atoms with Crippen LogP contribution in [0.5, 0.6) is 0 Å². The smallest absolute Gasteiger partial charge is 0.396 e. The van der Waals surface area contributed by atoms with Crippen LogP contribution >= 0.6 is 0 Å². The average molecular weight is 275 g/mol. The third kappa shape index (κ3) is 2.92. The van der Waals surface area contributed by atoms with E-state index in [1.165, 1.54) is 6.33 Å². The number of H-pyrrole nitrogens is 1. The number of fused-ring (bicyclic) bond motifs is 1. The van der Waals surface area contributed by atoms with Gasteiger partial charge in [0.1, 0.15) is 5.52 Å². The molecule has 2 aromatic rings. The Morgan fingerprint density at radius 1 is 1.42 bits per heavy atom. The minimum atomic E-state index is -4.64. The second kappa shape index (κ2) is 5.00. The first-order chi connectivity index (χ1) is 8.91. The molecule has 0 amide bonds. The summed E-state index contributed by atoms with van der Waals surface area (Å²) < 4.78 is 38.0. The molecule has 9 heteroatoms. The number of anilines is 1. The van der Waals surface area contributed by atoms with Crippen molar-refractivity contribution >= 4 is 17.0 Å². The normalized spacial score (nSPS) is 13.7. The minimum Gasteiger partial charge on any atom is -0.396 e. The van der Waals surface area contributed by atoms with Crippen molar-refractivity contribution in [2.75, 3.05) is 11.9 Å². The van der Waals surface area contributed by atoms with Crippen LogP contribution in [0.2, 0.25) is 0 Å². The number of imidazole rings is 1. The maximum Gasteiger partial charge on any atom is 0.451 e. The van der Waals surface area contributed by atoms with E-state index in [9.17, 15) is 13.2 Å². The van der Waals surface area contributed by atoms with Crippen molar-refractivity contribution in [2.45, 2.75) is 25.6 Å². The fraction of sp³-hybridized carbons (Fsp3) is 0.500. The van der Waals surface area contributed by atoms with Crippen LogP contribution in [-0.4, -0.2) is 37.7 Å². The highest BCUT2D eigenvalue weighted by atomic mass is 19.4. The van der Waals surface area contributed by atoms with E-state index >= 15 is 0 Å². The molecule has 2 rings (SSSR count). The Labute approximate surface area is 106 Å². The summed E-state index contributed by atoms with van der Waals surface area (Å²) in [5.41, 5.74) is 0.249. The molecule has 0 spiro atoms. The number of aromatic nitrogens is 4. The molecule has 0 bridgehead atoms. The number of aliphatic hydroxyl groups excluding tert-OH is 1. The summed E-state index contributed by atoms with van der Waals surface area (Å²) in [6, 6.07) is -0.229. The van der Waals surface area contributed by atoms with Crippen molar-refractivity contribution in [2.24, 2.45) is 0 Å². The molecule has 19 heavy (non-hydrogen) atoms. The van der Waals surface area contributed by atoms with Gasteiger partial charge in [0.2, 0.25) is 5.82 Å². The van der Waals surface area contributed by atoms with Crippen LogP contribution in [0.3, 0.4) is 0 Å². The van der Waals surface area contributed by atoms with Crippen LogP contribution in [0.1, 0.15) is 19.2 Å². The largest absolute Gasteiger partial charge is 0.451 e. The van der Waals surface area contributed by atoms with Crippen molar-refractivity contribution in [3.63, 3.8) is 0 Å². The van der Waals surface area contributed by atoms with Crippen LogP contribution < -0.4 is 5.32 Å². The summed E-state index contributed by atoms with van der Waals surface area (Å²) in [7, 11) is 0. The number of rotatable bonds is 4. The van der Waals surface area contributed by atoms with Crippen LogP contribution in [0, 0.1) is 0 Å². The molecule has 6 nitrogen and oxygen atoms in total. The molecular weight excluding hydrogens is 263 g/mol. The highest BCUT2D eigenvalue weighted by molar-refractivity contribution is 5.82. The van der Waals surface area contributed by atoms with Crippen LogP contribution in [0.25, 0.3) is 11.2 Å². The van der Waals surface area contributed by atoms with Gasteiger partial charge in [0.25, 0.3) is 0 Å². The molecule has 0 saturated carbocycles. The van der Waals surface area contributed by atoms with Gasteiger partial charge in [-0.1, -0.05) is 0 Å². The molecule has 0 aliphatic heterocycles. The lowest BCUT2D eigenvalue weighted by Crippen LogP contribution is -2.20. The number of nitrogens with zero attached hydrogens (tertiary/aromatic N) is 3. The molecule has 2 heterocycles. The summed E-state index contributed by atoms with van der Waals surface area (Å²) in [5.74, 6) is -1.22. The van der Waals surface area contributed by atoms with Gasteiger partial charge in [-0.15, -0.1) is 0 Å². The number of hydrogen-bond donors (Lipinski definition) is 3. The number of nitrogens with one attached hydrogen (secondary N) is 2. The highest BCUT2D eigenvalue weighted by Crippen LogP contribution is 2.29. The van der Waals surface area contributed by atoms with E-state index in [1.807, 2.05) is 0 Å². The molecular formula is C10H12F3N5O. The lowest BCUT2D eigenvalue weighted by atomic mass is 10.2. The van der Waals surface area contributed by atoms with Gasteiger partial charge in [-0.25, -0.2) is 15.0 Å². The number of alkyl halides is 3. The Morgan fingerprint density at radius 3 is 2.79 bits per heavy atom. The van der Waals surface area contributed by atoms with Gasteiger partial charge in [-0.05, 0) is 13.3 Å². The summed E-state index contributed by atoms with van der Waals surface area (Å²) in [6.45, 7) is 1.66. The van der Waals surface area contributed by atoms with Gasteiger partial charge < -0.3 is 15.4 Å². The molecule has 104 valence electrons. The fourth-order valence-electron chi connectivity index (χ4n) is 1.56. The van der Waals surface area contributed by atoms with E-state index in [0.717, 1.165) is 0 Å². The first kappa shape index (κ1) is 13.5. The van der Waals surface area contributed by atoms with Crippen molar-refractivity contribution in [3.05, 3.63) is 12.2 Å². The van der Waals surface area contributed by atoms with Gasteiger partial charge >= 0.3 is 6.18 Å². The number of hydrogen-bond acceptors (Lipinski definition) is 5. The van der Waals surface area contributed by atoms with E-state index in [1.54, 1.807) is 6.92 Å². The summed E-state index contributed by atoms with van der Waals surface area (Å²) >= 11 is 0. The minimum absolute atomic E-state index is 0.0239. The molecule has 2 aromatic heterocycles. The maximum absolute atomic E-state index is 12.7. The third-order valence-electron chi connectivity index (χ3n) is 2.48. The highest BCUT2D eigenvalue weighted by Gasteiger charge is 2.36. The molecule has 0 saturated heterocycles. The lowest BCUT2D eigenvalue weighted by Gasteiger charge is -2.14. The Balaban J connectivity index is 2.42. The zero-order valence-electron chi connectivity index (χ0n) is 9.99. The molecule has 0 aliphatic rings. The number of aliphatic hydroxyl groups is 1. The van der Waals surface area contributed by atoms with Gasteiger partial charge in [-0.2, -0.15) is 13.2 Å². The molecule has 1 atom stereocenters. The maximum atomic E-state index is 12.7. The Bertz CT molecular complexity index is 568. The van der Waals surface area contributed by atoms with Crippen LogP contribution in [-0.2, 0) is 6.18 Å². The Morgan fingerprint density at radius 2 is 2.16 bits per heavy atom. The summed E-state index contributed by atoms with van der Waals surface area (Å²) in [5, 5.41) is 11.6. The zero-order chi connectivity index (χ0) is 14.0. The predicted molar refractivity (Wildman–Crippen MR) is 61.5 cm³/mol. The average Bonchev–Trinajstić information content (AvgIpc) is 2.76. The SMILES string of the molecule is C[C@H](CCO)Nc1nc(C(F)(F)F)nc2nc[nH]c12. The third-order valence-corrected chi connectivity index (χ3v) is 2.48. The van der Waals surface area contributed by atoms with E-state index in [0.29, 0.717) is 11.9 Å². The number of aromatic amines is 1. The lowest BCUT2D eigenvalue weighted by molar-refractivity contribution is -0.144. The van der Waals surface area contributed by atoms with Crippen molar-refractivity contribution < 1.29 is 18.3 Å². The first-order valence-corrected chi connectivity index (χ1v) is 5.57. The molecule has 0 unspecified atom stereocenters. The predicted octanol–water partition coefficient (Wildman–Crippen LogP) is 1.55. The molecule has 0 fully saturated rings. The van der Waals surface area contributed by atoms with Gasteiger partial charge in [0.15, 0.2) is 11.5 Å². The van der Waals surface area contributed by atoms with Crippen molar-refractivity contribution in [1.82, 2.24) is 19.9 Å². The van der Waals surface area contributed by atoms with Gasteiger partial charge in [0.05, 0.1) is 6.33 Å². The monoisotopic (exact) mass is 275 g/mol.